The molecule has 1 aliphatic carbocycles. The molecule has 9 heteroatoms. The van der Waals surface area contributed by atoms with Gasteiger partial charge < -0.3 is 4.90 Å². The van der Waals surface area contributed by atoms with Gasteiger partial charge >= 0.3 is 6.18 Å². The topological polar surface area (TPSA) is 55.2 Å². The fourth-order valence-corrected chi connectivity index (χ4v) is 5.33. The van der Waals surface area contributed by atoms with Crippen molar-refractivity contribution >= 4 is 23.0 Å². The van der Waals surface area contributed by atoms with Crippen LogP contribution in [0.15, 0.2) is 5.38 Å². The maximum atomic E-state index is 13.3. The Morgan fingerprint density at radius 2 is 1.97 bits per heavy atom. The second-order valence-electron chi connectivity index (χ2n) is 7.66. The van der Waals surface area contributed by atoms with E-state index in [0.717, 1.165) is 18.4 Å². The molecule has 0 bridgehead atoms. The van der Waals surface area contributed by atoms with E-state index in [1.807, 2.05) is 0 Å². The molecule has 2 aromatic rings. The molecule has 0 unspecified atom stereocenters. The summed E-state index contributed by atoms with van der Waals surface area (Å²) in [7, 11) is 1.74. The fraction of sp³-hybridized carbons (Fsp3) is 0.550. The predicted molar refractivity (Wildman–Crippen MR) is 102 cm³/mol. The van der Waals surface area contributed by atoms with Crippen molar-refractivity contribution in [3.05, 3.63) is 38.3 Å². The first kappa shape index (κ1) is 20.1. The van der Waals surface area contributed by atoms with Gasteiger partial charge in [-0.1, -0.05) is 0 Å². The quantitative estimate of drug-likeness (QED) is 0.677. The third kappa shape index (κ3) is 3.72. The van der Waals surface area contributed by atoms with Crippen LogP contribution in [0.3, 0.4) is 0 Å². The molecule has 2 aliphatic rings. The van der Waals surface area contributed by atoms with Crippen molar-refractivity contribution in [3.8, 4) is 0 Å². The number of alkyl halides is 3. The number of Topliss-reactive ketones (excluding diaryl/α,β-unsaturated/α-hetero) is 1. The molecule has 0 saturated carbocycles. The maximum Gasteiger partial charge on any atom is 0.435 e. The van der Waals surface area contributed by atoms with Crippen LogP contribution in [0, 0.1) is 0 Å². The van der Waals surface area contributed by atoms with Gasteiger partial charge in [0.25, 0.3) is 5.91 Å². The third-order valence-electron chi connectivity index (χ3n) is 5.73. The van der Waals surface area contributed by atoms with Crippen LogP contribution in [0.1, 0.15) is 68.2 Å². The molecular weight excluding hydrogens is 403 g/mol. The number of likely N-dealkylation sites (N-methyl/N-ethyl adjacent to an activating group) is 1. The number of carbonyl (C=O) groups is 2. The zero-order valence-electron chi connectivity index (χ0n) is 16.1. The number of hydrogen-bond donors (Lipinski definition) is 0. The highest BCUT2D eigenvalue weighted by Crippen LogP contribution is 2.36. The number of aromatic nitrogens is 2. The SMILES string of the molecule is CN1CCc2c(C(=O)CCCn3nc(C(F)(F)F)c4c3CCCC4)csc2C1=O. The minimum atomic E-state index is -4.45. The standard InChI is InChI=1S/C20H22F3N3O2S/c1-25-10-8-12-14(11-29-17(12)19(25)28)16(27)7-4-9-26-15-6-3-2-5-13(15)18(24-26)20(21,22)23/h11H,2-10H2,1H3. The van der Waals surface area contributed by atoms with Gasteiger partial charge in [0.05, 0.1) is 4.88 Å². The second kappa shape index (κ2) is 7.59. The van der Waals surface area contributed by atoms with Crippen molar-refractivity contribution in [2.75, 3.05) is 13.6 Å². The summed E-state index contributed by atoms with van der Waals surface area (Å²) < 4.78 is 41.3. The van der Waals surface area contributed by atoms with Crippen LogP contribution in [0.25, 0.3) is 0 Å². The molecular formula is C20H22F3N3O2S. The number of fused-ring (bicyclic) bond motifs is 2. The minimum Gasteiger partial charge on any atom is -0.341 e. The number of thiophene rings is 1. The Balaban J connectivity index is 1.45. The smallest absolute Gasteiger partial charge is 0.341 e. The second-order valence-corrected chi connectivity index (χ2v) is 8.54. The Morgan fingerprint density at radius 3 is 2.72 bits per heavy atom. The van der Waals surface area contributed by atoms with Crippen LogP contribution in [-0.2, 0) is 32.0 Å². The lowest BCUT2D eigenvalue weighted by atomic mass is 9.95. The van der Waals surface area contributed by atoms with Crippen molar-refractivity contribution in [1.82, 2.24) is 14.7 Å². The largest absolute Gasteiger partial charge is 0.435 e. The summed E-state index contributed by atoms with van der Waals surface area (Å²) in [5.41, 5.74) is 1.62. The van der Waals surface area contributed by atoms with Crippen LogP contribution in [0.5, 0.6) is 0 Å². The highest BCUT2D eigenvalue weighted by Gasteiger charge is 2.39. The number of halogens is 3. The molecule has 4 rings (SSSR count). The average molecular weight is 425 g/mol. The summed E-state index contributed by atoms with van der Waals surface area (Å²) in [6.45, 7) is 0.876. The monoisotopic (exact) mass is 425 g/mol. The fourth-order valence-electron chi connectivity index (χ4n) is 4.21. The number of carbonyl (C=O) groups excluding carboxylic acids is 2. The number of hydrogen-bond acceptors (Lipinski definition) is 4. The van der Waals surface area contributed by atoms with Gasteiger partial charge in [0.2, 0.25) is 0 Å². The zero-order valence-corrected chi connectivity index (χ0v) is 17.0. The molecule has 0 saturated heterocycles. The Bertz CT molecular complexity index is 961. The molecule has 3 heterocycles. The summed E-state index contributed by atoms with van der Waals surface area (Å²) in [6, 6.07) is 0. The molecule has 0 spiro atoms. The number of amides is 1. The van der Waals surface area contributed by atoms with Gasteiger partial charge in [-0.15, -0.1) is 11.3 Å². The van der Waals surface area contributed by atoms with Crippen LogP contribution in [0.2, 0.25) is 0 Å². The van der Waals surface area contributed by atoms with E-state index in [4.69, 9.17) is 0 Å². The summed E-state index contributed by atoms with van der Waals surface area (Å²) in [5, 5.41) is 5.58. The van der Waals surface area contributed by atoms with Crippen molar-refractivity contribution in [2.24, 2.45) is 0 Å². The first-order valence-corrected chi connectivity index (χ1v) is 10.7. The third-order valence-corrected chi connectivity index (χ3v) is 6.74. The van der Waals surface area contributed by atoms with E-state index in [2.05, 4.69) is 5.10 Å². The van der Waals surface area contributed by atoms with Gasteiger partial charge in [-0.3, -0.25) is 14.3 Å². The summed E-state index contributed by atoms with van der Waals surface area (Å²) in [6.07, 6.45) is -0.532. The minimum absolute atomic E-state index is 0.0573. The van der Waals surface area contributed by atoms with Crippen LogP contribution in [0.4, 0.5) is 13.2 Å². The molecule has 5 nitrogen and oxygen atoms in total. The van der Waals surface area contributed by atoms with Gasteiger partial charge in [0.15, 0.2) is 11.5 Å². The number of ketones is 1. The molecule has 0 atom stereocenters. The summed E-state index contributed by atoms with van der Waals surface area (Å²) in [5.74, 6) is -0.116. The summed E-state index contributed by atoms with van der Waals surface area (Å²) in [4.78, 5) is 27.1. The van der Waals surface area contributed by atoms with Crippen molar-refractivity contribution < 1.29 is 22.8 Å². The number of aryl methyl sites for hydroxylation is 1. The lowest BCUT2D eigenvalue weighted by Gasteiger charge is -2.22. The van der Waals surface area contributed by atoms with Crippen molar-refractivity contribution in [2.45, 2.75) is 57.7 Å². The molecule has 29 heavy (non-hydrogen) atoms. The average Bonchev–Trinajstić information content (AvgIpc) is 3.27. The van der Waals surface area contributed by atoms with Crippen molar-refractivity contribution in [3.63, 3.8) is 0 Å². The first-order chi connectivity index (χ1) is 13.8. The van der Waals surface area contributed by atoms with Gasteiger partial charge in [0.1, 0.15) is 0 Å². The zero-order chi connectivity index (χ0) is 20.8. The van der Waals surface area contributed by atoms with E-state index in [1.54, 1.807) is 17.3 Å². The van der Waals surface area contributed by atoms with Gasteiger partial charge in [-0.2, -0.15) is 18.3 Å². The normalized spacial score (nSPS) is 16.7. The van der Waals surface area contributed by atoms with Crippen LogP contribution < -0.4 is 0 Å². The van der Waals surface area contributed by atoms with Crippen LogP contribution >= 0.6 is 11.3 Å². The van der Waals surface area contributed by atoms with E-state index in [1.165, 1.54) is 16.0 Å². The van der Waals surface area contributed by atoms with Gasteiger partial charge in [-0.25, -0.2) is 0 Å². The molecule has 1 amide bonds. The van der Waals surface area contributed by atoms with Gasteiger partial charge in [0, 0.05) is 48.8 Å². The highest BCUT2D eigenvalue weighted by atomic mass is 32.1. The van der Waals surface area contributed by atoms with Crippen LogP contribution in [-0.4, -0.2) is 40.0 Å². The molecule has 0 N–H and O–H groups in total. The lowest BCUT2D eigenvalue weighted by Crippen LogP contribution is -2.33. The van der Waals surface area contributed by atoms with Gasteiger partial charge in [-0.05, 0) is 44.1 Å². The highest BCUT2D eigenvalue weighted by molar-refractivity contribution is 7.12. The molecule has 1 aliphatic heterocycles. The Hall–Kier alpha value is -2.16. The predicted octanol–water partition coefficient (Wildman–Crippen LogP) is 4.13. The van der Waals surface area contributed by atoms with E-state index >= 15 is 0 Å². The van der Waals surface area contributed by atoms with E-state index in [0.29, 0.717) is 53.9 Å². The first-order valence-electron chi connectivity index (χ1n) is 9.82. The van der Waals surface area contributed by atoms with E-state index < -0.39 is 11.9 Å². The Labute approximate surface area is 170 Å². The molecule has 0 radical (unpaired) electrons. The lowest BCUT2D eigenvalue weighted by molar-refractivity contribution is -0.142. The molecule has 2 aromatic heterocycles. The number of nitrogens with zero attached hydrogens (tertiary/aromatic N) is 3. The number of rotatable bonds is 5. The Kier molecular flexibility index (Phi) is 5.27. The van der Waals surface area contributed by atoms with E-state index in [-0.39, 0.29) is 24.7 Å². The molecule has 0 fully saturated rings. The summed E-state index contributed by atoms with van der Waals surface area (Å²) >= 11 is 1.29. The van der Waals surface area contributed by atoms with Crippen molar-refractivity contribution in [1.29, 1.82) is 0 Å². The Morgan fingerprint density at radius 1 is 1.21 bits per heavy atom. The van der Waals surface area contributed by atoms with E-state index in [9.17, 15) is 22.8 Å². The maximum absolute atomic E-state index is 13.3. The molecule has 0 aromatic carbocycles. The molecule has 156 valence electrons.